The van der Waals surface area contributed by atoms with E-state index in [1.54, 1.807) is 18.2 Å². The first-order valence-corrected chi connectivity index (χ1v) is 12.3. The maximum absolute atomic E-state index is 13.4. The minimum atomic E-state index is -4.06. The van der Waals surface area contributed by atoms with Crippen LogP contribution in [0, 0.1) is 11.6 Å². The normalized spacial score (nSPS) is 16.8. The van der Waals surface area contributed by atoms with Crippen molar-refractivity contribution in [3.63, 3.8) is 0 Å². The Bertz CT molecular complexity index is 1170. The van der Waals surface area contributed by atoms with Crippen LogP contribution >= 0.6 is 0 Å². The van der Waals surface area contributed by atoms with Crippen LogP contribution in [-0.2, 0) is 24.8 Å². The highest BCUT2D eigenvalue weighted by atomic mass is 32.2. The molecule has 0 spiro atoms. The van der Waals surface area contributed by atoms with Gasteiger partial charge in [-0.15, -0.1) is 0 Å². The lowest BCUT2D eigenvalue weighted by Gasteiger charge is -2.35. The summed E-state index contributed by atoms with van der Waals surface area (Å²) < 4.78 is 80.0. The number of hydrogen-bond acceptors (Lipinski definition) is 5. The summed E-state index contributed by atoms with van der Waals surface area (Å²) in [4.78, 5) is 13.7. The highest BCUT2D eigenvalue weighted by Gasteiger charge is 2.33. The molecule has 0 saturated carbocycles. The van der Waals surface area contributed by atoms with Gasteiger partial charge in [-0.05, 0) is 37.3 Å². The molecule has 1 saturated heterocycles. The van der Waals surface area contributed by atoms with Crippen LogP contribution in [0.25, 0.3) is 0 Å². The van der Waals surface area contributed by atoms with Crippen LogP contribution < -0.4 is 4.72 Å². The third kappa shape index (κ3) is 5.09. The highest BCUT2D eigenvalue weighted by Crippen LogP contribution is 2.20. The summed E-state index contributed by atoms with van der Waals surface area (Å²) in [6, 6.07) is 8.88. The zero-order valence-electron chi connectivity index (χ0n) is 16.5. The van der Waals surface area contributed by atoms with E-state index in [9.17, 15) is 30.4 Å². The van der Waals surface area contributed by atoms with E-state index in [1.165, 1.54) is 24.0 Å². The van der Waals surface area contributed by atoms with Crippen LogP contribution in [-0.4, -0.2) is 64.2 Å². The van der Waals surface area contributed by atoms with Crippen LogP contribution in [0.3, 0.4) is 0 Å². The first kappa shape index (κ1) is 23.3. The van der Waals surface area contributed by atoms with Gasteiger partial charge in [-0.2, -0.15) is 9.03 Å². The van der Waals surface area contributed by atoms with Crippen LogP contribution in [0.1, 0.15) is 6.92 Å². The number of amides is 1. The molecule has 0 aliphatic carbocycles. The number of carbonyl (C=O) groups is 1. The lowest BCUT2D eigenvalue weighted by atomic mass is 10.2. The molecule has 1 heterocycles. The van der Waals surface area contributed by atoms with Crippen molar-refractivity contribution in [3.05, 3.63) is 60.2 Å². The van der Waals surface area contributed by atoms with Crippen molar-refractivity contribution in [2.24, 2.45) is 0 Å². The maximum atomic E-state index is 13.4. The molecule has 0 radical (unpaired) electrons. The number of piperazine rings is 1. The van der Waals surface area contributed by atoms with Crippen molar-refractivity contribution >= 4 is 26.0 Å². The molecule has 1 fully saturated rings. The Morgan fingerprint density at radius 2 is 1.52 bits per heavy atom. The van der Waals surface area contributed by atoms with E-state index in [1.807, 2.05) is 0 Å². The summed E-state index contributed by atoms with van der Waals surface area (Å²) >= 11 is 0. The number of nitrogens with one attached hydrogen (secondary N) is 1. The van der Waals surface area contributed by atoms with Gasteiger partial charge in [-0.3, -0.25) is 4.79 Å². The number of sulfonamides is 2. The highest BCUT2D eigenvalue weighted by molar-refractivity contribution is 7.89. The molecular weight excluding hydrogens is 452 g/mol. The number of halogens is 2. The fourth-order valence-electron chi connectivity index (χ4n) is 3.16. The Morgan fingerprint density at radius 1 is 0.903 bits per heavy atom. The smallest absolute Gasteiger partial charge is 0.243 e. The molecule has 12 heteroatoms. The van der Waals surface area contributed by atoms with Gasteiger partial charge in [0.25, 0.3) is 0 Å². The number of hydrogen-bond donors (Lipinski definition) is 1. The molecule has 1 aliphatic heterocycles. The number of carbonyl (C=O) groups excluding carboxylic acids is 1. The molecule has 0 bridgehead atoms. The third-order valence-corrected chi connectivity index (χ3v) is 8.29. The van der Waals surface area contributed by atoms with E-state index in [0.717, 1.165) is 16.4 Å². The molecule has 1 atom stereocenters. The molecule has 3 rings (SSSR count). The van der Waals surface area contributed by atoms with E-state index in [-0.39, 0.29) is 36.0 Å². The lowest BCUT2D eigenvalue weighted by Crippen LogP contribution is -2.55. The van der Waals surface area contributed by atoms with Crippen molar-refractivity contribution in [2.45, 2.75) is 22.8 Å². The van der Waals surface area contributed by atoms with Crippen molar-refractivity contribution in [2.75, 3.05) is 26.2 Å². The first-order chi connectivity index (χ1) is 14.5. The molecule has 168 valence electrons. The molecular formula is C19H21F2N3O5S2. The van der Waals surface area contributed by atoms with Gasteiger partial charge in [-0.1, -0.05) is 18.2 Å². The third-order valence-electron chi connectivity index (χ3n) is 4.84. The quantitative estimate of drug-likeness (QED) is 0.678. The molecule has 8 nitrogen and oxygen atoms in total. The molecule has 1 amide bonds. The summed E-state index contributed by atoms with van der Waals surface area (Å²) in [6.45, 7) is 1.34. The van der Waals surface area contributed by atoms with Crippen LogP contribution in [0.2, 0.25) is 0 Å². The zero-order valence-corrected chi connectivity index (χ0v) is 18.2. The number of benzene rings is 2. The molecule has 0 unspecified atom stereocenters. The van der Waals surface area contributed by atoms with Gasteiger partial charge >= 0.3 is 0 Å². The molecule has 0 aromatic heterocycles. The Hall–Kier alpha value is -2.41. The summed E-state index contributed by atoms with van der Waals surface area (Å²) in [5.41, 5.74) is 0. The fraction of sp³-hybridized carbons (Fsp3) is 0.316. The number of nitrogens with zero attached hydrogens (tertiary/aromatic N) is 2. The van der Waals surface area contributed by atoms with E-state index in [4.69, 9.17) is 0 Å². The Balaban J connectivity index is 1.63. The van der Waals surface area contributed by atoms with Crippen molar-refractivity contribution in [1.29, 1.82) is 0 Å². The predicted molar refractivity (Wildman–Crippen MR) is 108 cm³/mol. The topological polar surface area (TPSA) is 104 Å². The summed E-state index contributed by atoms with van der Waals surface area (Å²) in [5.74, 6) is -2.92. The molecule has 2 aromatic rings. The van der Waals surface area contributed by atoms with E-state index < -0.39 is 43.6 Å². The first-order valence-electron chi connectivity index (χ1n) is 9.34. The number of rotatable bonds is 6. The van der Waals surface area contributed by atoms with E-state index in [2.05, 4.69) is 4.72 Å². The Labute approximate surface area is 179 Å². The fourth-order valence-corrected chi connectivity index (χ4v) is 5.81. The second-order valence-electron chi connectivity index (χ2n) is 6.96. The van der Waals surface area contributed by atoms with Gasteiger partial charge in [0.1, 0.15) is 0 Å². The largest absolute Gasteiger partial charge is 0.339 e. The summed E-state index contributed by atoms with van der Waals surface area (Å²) in [6.07, 6.45) is 0. The van der Waals surface area contributed by atoms with Crippen LogP contribution in [0.4, 0.5) is 8.78 Å². The molecule has 31 heavy (non-hydrogen) atoms. The van der Waals surface area contributed by atoms with Crippen molar-refractivity contribution in [3.8, 4) is 0 Å². The average Bonchev–Trinajstić information content (AvgIpc) is 2.75. The van der Waals surface area contributed by atoms with Gasteiger partial charge in [0.15, 0.2) is 11.6 Å². The van der Waals surface area contributed by atoms with Gasteiger partial charge in [-0.25, -0.2) is 25.6 Å². The molecule has 2 aromatic carbocycles. The minimum Gasteiger partial charge on any atom is -0.339 e. The predicted octanol–water partition coefficient (Wildman–Crippen LogP) is 1.16. The monoisotopic (exact) mass is 473 g/mol. The Kier molecular flexibility index (Phi) is 6.74. The molecule has 1 N–H and O–H groups in total. The lowest BCUT2D eigenvalue weighted by molar-refractivity contribution is -0.133. The molecule has 1 aliphatic rings. The van der Waals surface area contributed by atoms with Gasteiger partial charge < -0.3 is 4.90 Å². The van der Waals surface area contributed by atoms with Gasteiger partial charge in [0.05, 0.1) is 15.8 Å². The second-order valence-corrected chi connectivity index (χ2v) is 10.6. The van der Waals surface area contributed by atoms with Gasteiger partial charge in [0, 0.05) is 26.2 Å². The van der Waals surface area contributed by atoms with E-state index in [0.29, 0.717) is 6.07 Å². The standard InChI is InChI=1S/C19H21F2N3O5S2/c1-14(22-30(26,27)15-5-3-2-4-6-15)19(25)23-9-11-24(12-10-23)31(28,29)16-7-8-17(20)18(21)13-16/h2-8,13-14,22H,9-12H2,1H3/t14-/m0/s1. The zero-order chi connectivity index (χ0) is 22.8. The average molecular weight is 474 g/mol. The second kappa shape index (κ2) is 8.99. The maximum Gasteiger partial charge on any atom is 0.243 e. The van der Waals surface area contributed by atoms with Crippen molar-refractivity contribution < 1.29 is 30.4 Å². The summed E-state index contributed by atoms with van der Waals surface area (Å²) in [7, 11) is -7.95. The van der Waals surface area contributed by atoms with Gasteiger partial charge in [0.2, 0.25) is 26.0 Å². The van der Waals surface area contributed by atoms with E-state index >= 15 is 0 Å². The SMILES string of the molecule is C[C@H](NS(=O)(=O)c1ccccc1)C(=O)N1CCN(S(=O)(=O)c2ccc(F)c(F)c2)CC1. The summed E-state index contributed by atoms with van der Waals surface area (Å²) in [5, 5.41) is 0. The minimum absolute atomic E-state index is 0.0251. The Morgan fingerprint density at radius 3 is 2.10 bits per heavy atom. The van der Waals surface area contributed by atoms with Crippen LogP contribution in [0.15, 0.2) is 58.3 Å². The van der Waals surface area contributed by atoms with Crippen molar-refractivity contribution in [1.82, 2.24) is 13.9 Å². The van der Waals surface area contributed by atoms with Crippen LogP contribution in [0.5, 0.6) is 0 Å².